The van der Waals surface area contributed by atoms with E-state index in [0.717, 1.165) is 11.3 Å². The Labute approximate surface area is 88.9 Å². The second-order valence-electron chi connectivity index (χ2n) is 3.23. The van der Waals surface area contributed by atoms with Crippen LogP contribution in [-0.4, -0.2) is 11.2 Å². The summed E-state index contributed by atoms with van der Waals surface area (Å²) >= 11 is 1.53. The average Bonchev–Trinajstić information content (AvgIpc) is 2.16. The third kappa shape index (κ3) is 3.07. The molecule has 14 heavy (non-hydrogen) atoms. The molecule has 3 heteroatoms. The van der Waals surface area contributed by atoms with Crippen molar-refractivity contribution in [1.29, 1.82) is 0 Å². The lowest BCUT2D eigenvalue weighted by Crippen LogP contribution is -2.24. The minimum atomic E-state index is -0.238. The van der Waals surface area contributed by atoms with Gasteiger partial charge in [-0.05, 0) is 25.5 Å². The van der Waals surface area contributed by atoms with Crippen LogP contribution in [0.15, 0.2) is 29.2 Å². The van der Waals surface area contributed by atoms with Crippen LogP contribution in [0.4, 0.5) is 0 Å². The van der Waals surface area contributed by atoms with Gasteiger partial charge >= 0.3 is 0 Å². The zero-order valence-electron chi connectivity index (χ0n) is 8.49. The molecular weight excluding hydrogens is 194 g/mol. The lowest BCUT2D eigenvalue weighted by molar-refractivity contribution is -0.117. The van der Waals surface area contributed by atoms with Crippen LogP contribution >= 0.6 is 11.8 Å². The highest BCUT2D eigenvalue weighted by Crippen LogP contribution is 2.25. The smallest absolute Gasteiger partial charge is 0.230 e. The maximum absolute atomic E-state index is 11.0. The third-order valence-corrected chi connectivity index (χ3v) is 3.38. The van der Waals surface area contributed by atoms with Crippen molar-refractivity contribution in [3.8, 4) is 0 Å². The number of hydrogen-bond acceptors (Lipinski definition) is 2. The van der Waals surface area contributed by atoms with E-state index in [2.05, 4.69) is 0 Å². The lowest BCUT2D eigenvalue weighted by Gasteiger charge is -2.09. The van der Waals surface area contributed by atoms with E-state index in [-0.39, 0.29) is 11.2 Å². The minimum Gasteiger partial charge on any atom is -0.369 e. The molecule has 0 saturated heterocycles. The number of hydrogen-bond donors (Lipinski definition) is 1. The number of rotatable bonds is 4. The summed E-state index contributed by atoms with van der Waals surface area (Å²) in [5.74, 6) is -0.238. The molecule has 1 rings (SSSR count). The zero-order valence-corrected chi connectivity index (χ0v) is 9.30. The Hall–Kier alpha value is -0.960. The summed E-state index contributed by atoms with van der Waals surface area (Å²) in [7, 11) is 0. The van der Waals surface area contributed by atoms with Crippen molar-refractivity contribution < 1.29 is 4.79 Å². The fourth-order valence-corrected chi connectivity index (χ4v) is 2.03. The Morgan fingerprint density at radius 2 is 2.00 bits per heavy atom. The second-order valence-corrected chi connectivity index (χ2v) is 4.51. The molecule has 0 spiro atoms. The van der Waals surface area contributed by atoms with Gasteiger partial charge in [0.25, 0.3) is 0 Å². The van der Waals surface area contributed by atoms with Gasteiger partial charge in [-0.3, -0.25) is 4.79 Å². The molecule has 0 aliphatic heterocycles. The summed E-state index contributed by atoms with van der Waals surface area (Å²) in [6.45, 7) is 4.01. The number of amides is 1. The summed E-state index contributed by atoms with van der Waals surface area (Å²) in [5, 5.41) is -0.113. The van der Waals surface area contributed by atoms with Gasteiger partial charge in [-0.2, -0.15) is 0 Å². The maximum atomic E-state index is 11.0. The largest absolute Gasteiger partial charge is 0.369 e. The molecule has 1 aromatic carbocycles. The number of primary amides is 1. The Morgan fingerprint density at radius 1 is 1.43 bits per heavy atom. The third-order valence-electron chi connectivity index (χ3n) is 1.99. The fraction of sp³-hybridized carbons (Fsp3) is 0.364. The topological polar surface area (TPSA) is 43.1 Å². The highest BCUT2D eigenvalue weighted by Gasteiger charge is 2.13. The van der Waals surface area contributed by atoms with Gasteiger partial charge in [0.15, 0.2) is 0 Å². The standard InChI is InChI=1S/C11H15NOS/c1-3-10(11(12)13)14-9-6-4-8(2)5-7-9/h4-7,10H,3H2,1-2H3,(H2,12,13). The Morgan fingerprint density at radius 3 is 2.43 bits per heavy atom. The molecule has 2 nitrogen and oxygen atoms in total. The van der Waals surface area contributed by atoms with Crippen LogP contribution in [0.5, 0.6) is 0 Å². The first-order valence-electron chi connectivity index (χ1n) is 4.66. The van der Waals surface area contributed by atoms with Crippen LogP contribution in [0.25, 0.3) is 0 Å². The molecule has 1 aromatic rings. The predicted molar refractivity (Wildman–Crippen MR) is 60.3 cm³/mol. The second kappa shape index (κ2) is 5.05. The van der Waals surface area contributed by atoms with E-state index in [1.807, 2.05) is 38.1 Å². The van der Waals surface area contributed by atoms with Gasteiger partial charge in [0.1, 0.15) is 0 Å². The molecule has 0 saturated carbocycles. The summed E-state index contributed by atoms with van der Waals surface area (Å²) in [4.78, 5) is 12.1. The van der Waals surface area contributed by atoms with E-state index >= 15 is 0 Å². The van der Waals surface area contributed by atoms with Crippen molar-refractivity contribution in [2.45, 2.75) is 30.4 Å². The molecule has 76 valence electrons. The van der Waals surface area contributed by atoms with Gasteiger partial charge in [-0.1, -0.05) is 24.6 Å². The lowest BCUT2D eigenvalue weighted by atomic mass is 10.2. The number of benzene rings is 1. The van der Waals surface area contributed by atoms with Crippen molar-refractivity contribution in [2.75, 3.05) is 0 Å². The first-order valence-corrected chi connectivity index (χ1v) is 5.54. The molecule has 0 aliphatic rings. The van der Waals surface area contributed by atoms with Gasteiger partial charge in [0.2, 0.25) is 5.91 Å². The Kier molecular flexibility index (Phi) is 4.01. The predicted octanol–water partition coefficient (Wildman–Crippen LogP) is 2.35. The number of carbonyl (C=O) groups is 1. The average molecular weight is 209 g/mol. The molecule has 1 amide bonds. The van der Waals surface area contributed by atoms with E-state index in [1.165, 1.54) is 17.3 Å². The van der Waals surface area contributed by atoms with Crippen molar-refractivity contribution in [3.63, 3.8) is 0 Å². The molecule has 0 radical (unpaired) electrons. The molecular formula is C11H15NOS. The van der Waals surface area contributed by atoms with Crippen LogP contribution in [0.1, 0.15) is 18.9 Å². The zero-order chi connectivity index (χ0) is 10.6. The van der Waals surface area contributed by atoms with Gasteiger partial charge in [0, 0.05) is 4.90 Å². The van der Waals surface area contributed by atoms with E-state index in [0.29, 0.717) is 0 Å². The van der Waals surface area contributed by atoms with Crippen molar-refractivity contribution in [3.05, 3.63) is 29.8 Å². The van der Waals surface area contributed by atoms with Crippen molar-refractivity contribution in [1.82, 2.24) is 0 Å². The Balaban J connectivity index is 2.67. The first-order chi connectivity index (χ1) is 6.63. The van der Waals surface area contributed by atoms with Crippen LogP contribution in [-0.2, 0) is 4.79 Å². The van der Waals surface area contributed by atoms with Gasteiger partial charge < -0.3 is 5.73 Å². The monoisotopic (exact) mass is 209 g/mol. The molecule has 1 unspecified atom stereocenters. The quantitative estimate of drug-likeness (QED) is 0.773. The highest BCUT2D eigenvalue weighted by molar-refractivity contribution is 8.00. The number of nitrogens with two attached hydrogens (primary N) is 1. The van der Waals surface area contributed by atoms with Crippen LogP contribution < -0.4 is 5.73 Å². The van der Waals surface area contributed by atoms with Crippen LogP contribution in [0.3, 0.4) is 0 Å². The highest BCUT2D eigenvalue weighted by atomic mass is 32.2. The van der Waals surface area contributed by atoms with Crippen LogP contribution in [0.2, 0.25) is 0 Å². The van der Waals surface area contributed by atoms with Crippen molar-refractivity contribution in [2.24, 2.45) is 5.73 Å². The van der Waals surface area contributed by atoms with E-state index in [4.69, 9.17) is 5.73 Å². The number of thioether (sulfide) groups is 1. The Bertz CT molecular complexity index is 308. The molecule has 1 atom stereocenters. The van der Waals surface area contributed by atoms with Crippen molar-refractivity contribution >= 4 is 17.7 Å². The summed E-state index contributed by atoms with van der Waals surface area (Å²) in [6, 6.07) is 8.11. The van der Waals surface area contributed by atoms with Crippen LogP contribution in [0, 0.1) is 6.92 Å². The maximum Gasteiger partial charge on any atom is 0.230 e. The molecule has 0 heterocycles. The van der Waals surface area contributed by atoms with E-state index < -0.39 is 0 Å². The molecule has 2 N–H and O–H groups in total. The molecule has 0 aliphatic carbocycles. The van der Waals surface area contributed by atoms with E-state index in [9.17, 15) is 4.79 Å². The summed E-state index contributed by atoms with van der Waals surface area (Å²) in [6.07, 6.45) is 0.772. The number of carbonyl (C=O) groups excluding carboxylic acids is 1. The number of aryl methyl sites for hydroxylation is 1. The van der Waals surface area contributed by atoms with E-state index in [1.54, 1.807) is 0 Å². The van der Waals surface area contributed by atoms with Gasteiger partial charge in [-0.15, -0.1) is 11.8 Å². The van der Waals surface area contributed by atoms with Gasteiger partial charge in [-0.25, -0.2) is 0 Å². The molecule has 0 bridgehead atoms. The SMILES string of the molecule is CCC(Sc1ccc(C)cc1)C(N)=O. The first kappa shape index (κ1) is 11.1. The molecule has 0 aromatic heterocycles. The normalized spacial score (nSPS) is 12.4. The van der Waals surface area contributed by atoms with Gasteiger partial charge in [0.05, 0.1) is 5.25 Å². The summed E-state index contributed by atoms with van der Waals surface area (Å²) in [5.41, 5.74) is 6.49. The molecule has 0 fully saturated rings. The minimum absolute atomic E-state index is 0.113. The fourth-order valence-electron chi connectivity index (χ4n) is 1.12. The summed E-state index contributed by atoms with van der Waals surface area (Å²) < 4.78 is 0.